The number of aliphatic hydroxyl groups excluding tert-OH is 1. The summed E-state index contributed by atoms with van der Waals surface area (Å²) in [4.78, 5) is 32.3. The molecule has 34 heavy (non-hydrogen) atoms. The zero-order valence-corrected chi connectivity index (χ0v) is 20.3. The van der Waals surface area contributed by atoms with Crippen molar-refractivity contribution in [1.29, 1.82) is 0 Å². The molecule has 4 rings (SSSR count). The van der Waals surface area contributed by atoms with E-state index in [4.69, 9.17) is 0 Å². The van der Waals surface area contributed by atoms with Crippen LogP contribution in [0.5, 0.6) is 0 Å². The van der Waals surface area contributed by atoms with Crippen molar-refractivity contribution in [2.45, 2.75) is 52.6 Å². The number of ketones is 1. The van der Waals surface area contributed by atoms with Gasteiger partial charge in [0, 0.05) is 24.5 Å². The van der Waals surface area contributed by atoms with E-state index < -0.39 is 17.7 Å². The van der Waals surface area contributed by atoms with Crippen LogP contribution in [0.1, 0.15) is 60.2 Å². The number of rotatable bonds is 4. The third-order valence-electron chi connectivity index (χ3n) is 6.48. The Morgan fingerprint density at radius 2 is 1.65 bits per heavy atom. The van der Waals surface area contributed by atoms with Gasteiger partial charge in [0.1, 0.15) is 5.76 Å². The fraction of sp³-hybridized carbons (Fsp3) is 0.276. The number of likely N-dealkylation sites (tertiary alicyclic amines) is 1. The van der Waals surface area contributed by atoms with Crippen molar-refractivity contribution in [1.82, 2.24) is 9.88 Å². The van der Waals surface area contributed by atoms with Crippen molar-refractivity contribution >= 4 is 17.4 Å². The molecule has 1 N–H and O–H groups in total. The summed E-state index contributed by atoms with van der Waals surface area (Å²) in [6, 6.07) is 16.5. The lowest BCUT2D eigenvalue weighted by Gasteiger charge is -2.27. The third-order valence-corrected chi connectivity index (χ3v) is 6.48. The molecule has 0 aliphatic carbocycles. The van der Waals surface area contributed by atoms with Crippen LogP contribution in [0, 0.1) is 13.8 Å². The normalized spacial score (nSPS) is 17.9. The number of aliphatic hydroxyl groups is 1. The van der Waals surface area contributed by atoms with Gasteiger partial charge in [0.15, 0.2) is 0 Å². The Bertz CT molecular complexity index is 1290. The molecule has 5 nitrogen and oxygen atoms in total. The van der Waals surface area contributed by atoms with Crippen LogP contribution in [-0.4, -0.2) is 26.7 Å². The second kappa shape index (κ2) is 8.90. The number of nitrogens with zero attached hydrogens (tertiary/aromatic N) is 2. The smallest absolute Gasteiger partial charge is 0.295 e. The minimum absolute atomic E-state index is 0.127. The van der Waals surface area contributed by atoms with E-state index >= 15 is 0 Å². The van der Waals surface area contributed by atoms with Crippen molar-refractivity contribution in [3.63, 3.8) is 0 Å². The Hall–Kier alpha value is -3.73. The SMILES string of the molecule is Cc1ccc(C(C)(C)C)cc1/C(O)=C1\C(=O)C(=O)N(Cc2ccncc2)C1c1ccccc1C. The number of carbonyl (C=O) groups is 2. The number of Topliss-reactive ketones (excluding diaryl/α,β-unsaturated/α-hetero) is 1. The first-order valence-corrected chi connectivity index (χ1v) is 11.4. The molecule has 1 unspecified atom stereocenters. The Labute approximate surface area is 200 Å². The van der Waals surface area contributed by atoms with Crippen LogP contribution in [0.2, 0.25) is 0 Å². The molecule has 0 saturated carbocycles. The average Bonchev–Trinajstić information content (AvgIpc) is 3.04. The summed E-state index contributed by atoms with van der Waals surface area (Å²) >= 11 is 0. The highest BCUT2D eigenvalue weighted by Gasteiger charge is 2.46. The molecule has 1 aromatic heterocycles. The maximum Gasteiger partial charge on any atom is 0.295 e. The highest BCUT2D eigenvalue weighted by molar-refractivity contribution is 6.46. The molecule has 1 atom stereocenters. The van der Waals surface area contributed by atoms with Gasteiger partial charge in [0.25, 0.3) is 11.7 Å². The zero-order chi connectivity index (χ0) is 24.6. The lowest BCUT2D eigenvalue weighted by molar-refractivity contribution is -0.140. The topological polar surface area (TPSA) is 70.5 Å². The van der Waals surface area contributed by atoms with E-state index in [1.165, 1.54) is 0 Å². The first-order chi connectivity index (χ1) is 16.1. The van der Waals surface area contributed by atoms with Gasteiger partial charge in [-0.1, -0.05) is 57.2 Å². The van der Waals surface area contributed by atoms with Crippen LogP contribution < -0.4 is 0 Å². The van der Waals surface area contributed by atoms with Gasteiger partial charge in [-0.05, 0) is 65.3 Å². The van der Waals surface area contributed by atoms with Gasteiger partial charge >= 0.3 is 0 Å². The minimum atomic E-state index is -0.688. The second-order valence-electron chi connectivity index (χ2n) is 9.92. The molecule has 1 fully saturated rings. The summed E-state index contributed by atoms with van der Waals surface area (Å²) in [5, 5.41) is 11.6. The van der Waals surface area contributed by atoms with Crippen molar-refractivity contribution in [3.05, 3.63) is 106 Å². The van der Waals surface area contributed by atoms with Crippen LogP contribution in [0.4, 0.5) is 0 Å². The molecular weight excluding hydrogens is 424 g/mol. The molecule has 5 heteroatoms. The van der Waals surface area contributed by atoms with Gasteiger partial charge in [0.05, 0.1) is 11.6 Å². The van der Waals surface area contributed by atoms with E-state index in [0.717, 1.165) is 27.8 Å². The summed E-state index contributed by atoms with van der Waals surface area (Å²) in [5.41, 5.74) is 5.08. The molecule has 0 radical (unpaired) electrons. The number of hydrogen-bond donors (Lipinski definition) is 1. The lowest BCUT2D eigenvalue weighted by atomic mass is 9.84. The van der Waals surface area contributed by atoms with E-state index in [9.17, 15) is 14.7 Å². The molecule has 1 saturated heterocycles. The molecular formula is C29H30N2O3. The van der Waals surface area contributed by atoms with Gasteiger partial charge in [0.2, 0.25) is 0 Å². The number of aryl methyl sites for hydroxylation is 2. The van der Waals surface area contributed by atoms with Crippen LogP contribution in [0.25, 0.3) is 5.76 Å². The Kier molecular flexibility index (Phi) is 6.13. The first kappa shape index (κ1) is 23.4. The van der Waals surface area contributed by atoms with E-state index in [2.05, 4.69) is 25.8 Å². The summed E-state index contributed by atoms with van der Waals surface area (Å²) in [6.07, 6.45) is 3.33. The van der Waals surface area contributed by atoms with E-state index in [0.29, 0.717) is 5.56 Å². The summed E-state index contributed by atoms with van der Waals surface area (Å²) in [6.45, 7) is 10.4. The van der Waals surface area contributed by atoms with Gasteiger partial charge in [-0.15, -0.1) is 0 Å². The van der Waals surface area contributed by atoms with Crippen molar-refractivity contribution < 1.29 is 14.7 Å². The monoisotopic (exact) mass is 454 g/mol. The third kappa shape index (κ3) is 4.26. The van der Waals surface area contributed by atoms with Crippen LogP contribution in [-0.2, 0) is 21.5 Å². The Balaban J connectivity index is 1.93. The molecule has 1 amide bonds. The molecule has 1 aliphatic rings. The summed E-state index contributed by atoms with van der Waals surface area (Å²) < 4.78 is 0. The first-order valence-electron chi connectivity index (χ1n) is 11.4. The number of benzene rings is 2. The van der Waals surface area contributed by atoms with Crippen LogP contribution in [0.3, 0.4) is 0 Å². The molecule has 3 aromatic rings. The fourth-order valence-corrected chi connectivity index (χ4v) is 4.43. The maximum absolute atomic E-state index is 13.4. The van der Waals surface area contributed by atoms with E-state index in [1.807, 2.05) is 68.4 Å². The molecule has 0 spiro atoms. The minimum Gasteiger partial charge on any atom is -0.507 e. The largest absolute Gasteiger partial charge is 0.507 e. The second-order valence-corrected chi connectivity index (χ2v) is 9.92. The van der Waals surface area contributed by atoms with Gasteiger partial charge < -0.3 is 10.0 Å². The van der Waals surface area contributed by atoms with Crippen molar-refractivity contribution in [2.75, 3.05) is 0 Å². The number of carbonyl (C=O) groups excluding carboxylic acids is 2. The predicted octanol–water partition coefficient (Wildman–Crippen LogP) is 5.62. The molecule has 0 bridgehead atoms. The van der Waals surface area contributed by atoms with Crippen LogP contribution >= 0.6 is 0 Å². The quantitative estimate of drug-likeness (QED) is 0.316. The number of hydrogen-bond acceptors (Lipinski definition) is 4. The number of amides is 1. The Morgan fingerprint density at radius 3 is 2.29 bits per heavy atom. The molecule has 1 aliphatic heterocycles. The highest BCUT2D eigenvalue weighted by atomic mass is 16.3. The average molecular weight is 455 g/mol. The highest BCUT2D eigenvalue weighted by Crippen LogP contribution is 2.42. The molecule has 2 aromatic carbocycles. The number of pyridine rings is 1. The summed E-state index contributed by atoms with van der Waals surface area (Å²) in [5.74, 6) is -1.41. The van der Waals surface area contributed by atoms with E-state index in [-0.39, 0.29) is 23.3 Å². The molecule has 174 valence electrons. The fourth-order valence-electron chi connectivity index (χ4n) is 4.43. The van der Waals surface area contributed by atoms with Crippen molar-refractivity contribution in [2.24, 2.45) is 0 Å². The molecule has 2 heterocycles. The van der Waals surface area contributed by atoms with E-state index in [1.54, 1.807) is 17.3 Å². The predicted molar refractivity (Wildman–Crippen MR) is 133 cm³/mol. The van der Waals surface area contributed by atoms with Crippen molar-refractivity contribution in [3.8, 4) is 0 Å². The van der Waals surface area contributed by atoms with Crippen LogP contribution in [0.15, 0.2) is 72.6 Å². The lowest BCUT2D eigenvalue weighted by Crippen LogP contribution is -2.29. The van der Waals surface area contributed by atoms with Gasteiger partial charge in [-0.2, -0.15) is 0 Å². The van der Waals surface area contributed by atoms with Gasteiger partial charge in [-0.25, -0.2) is 0 Å². The number of aromatic nitrogens is 1. The maximum atomic E-state index is 13.4. The van der Waals surface area contributed by atoms with Gasteiger partial charge in [-0.3, -0.25) is 14.6 Å². The summed E-state index contributed by atoms with van der Waals surface area (Å²) in [7, 11) is 0. The Morgan fingerprint density at radius 1 is 0.971 bits per heavy atom. The standard InChI is InChI=1S/C29H30N2O3/c1-18-8-6-7-9-22(18)25-24(26(32)23-16-21(29(3,4)5)11-10-19(23)2)27(33)28(34)31(25)17-20-12-14-30-15-13-20/h6-16,25,32H,17H2,1-5H3/b26-24+. The zero-order valence-electron chi connectivity index (χ0n) is 20.3.